The van der Waals surface area contributed by atoms with Crippen LogP contribution in [-0.4, -0.2) is 18.6 Å². The Balaban J connectivity index is 3.59. The van der Waals surface area contributed by atoms with Gasteiger partial charge in [-0.15, -0.1) is 4.91 Å². The highest BCUT2D eigenvalue weighted by Gasteiger charge is 2.12. The fraction of sp³-hybridized carbons (Fsp3) is 1.00. The predicted octanol–water partition coefficient (Wildman–Crippen LogP) is 1.65. The van der Waals surface area contributed by atoms with E-state index in [0.717, 1.165) is 0 Å². The van der Waals surface area contributed by atoms with Crippen LogP contribution in [0.3, 0.4) is 0 Å². The summed E-state index contributed by atoms with van der Waals surface area (Å²) >= 11 is 0. The molecule has 3 nitrogen and oxygen atoms in total. The molecule has 0 heterocycles. The first-order chi connectivity index (χ1) is 3.95. The van der Waals surface area contributed by atoms with E-state index in [9.17, 15) is 4.91 Å². The molecule has 0 aromatic rings. The Morgan fingerprint density at radius 3 is 2.00 bits per heavy atom. The summed E-state index contributed by atoms with van der Waals surface area (Å²) in [5.74, 6) is 0. The maximum Gasteiger partial charge on any atom is 0.0521 e. The third kappa shape index (κ3) is 5.27. The number of rotatable bonds is 2. The van der Waals surface area contributed by atoms with E-state index in [4.69, 9.17) is 0 Å². The second-order valence-corrected chi connectivity index (χ2v) is 3.46. The molecule has 0 bridgehead atoms. The summed E-state index contributed by atoms with van der Waals surface area (Å²) in [7, 11) is 1.68. The molecule has 0 aromatic heterocycles. The van der Waals surface area contributed by atoms with Crippen LogP contribution >= 0.6 is 0 Å². The lowest BCUT2D eigenvalue weighted by Gasteiger charge is -2.21. The highest BCUT2D eigenvalue weighted by atomic mass is 16.3. The molecule has 0 aliphatic heterocycles. The van der Waals surface area contributed by atoms with Crippen molar-refractivity contribution < 1.29 is 0 Å². The lowest BCUT2D eigenvalue weighted by atomic mass is 9.97. The van der Waals surface area contributed by atoms with Crippen LogP contribution in [0.2, 0.25) is 0 Å². The van der Waals surface area contributed by atoms with Gasteiger partial charge in [0.05, 0.1) is 5.29 Å². The molecule has 0 saturated heterocycles. The zero-order valence-electron chi connectivity index (χ0n) is 6.51. The molecule has 0 aliphatic carbocycles. The van der Waals surface area contributed by atoms with Crippen molar-refractivity contribution in [2.24, 2.45) is 10.7 Å². The predicted molar refractivity (Wildman–Crippen MR) is 37.9 cm³/mol. The minimum absolute atomic E-state index is 0.155. The largest absolute Gasteiger partial charge is 0.263 e. The van der Waals surface area contributed by atoms with E-state index in [2.05, 4.69) is 26.1 Å². The van der Waals surface area contributed by atoms with Crippen LogP contribution in [0.25, 0.3) is 0 Å². The van der Waals surface area contributed by atoms with Crippen molar-refractivity contribution in [2.75, 3.05) is 13.6 Å². The smallest absolute Gasteiger partial charge is 0.0521 e. The van der Waals surface area contributed by atoms with E-state index >= 15 is 0 Å². The molecule has 3 heteroatoms. The van der Waals surface area contributed by atoms with Gasteiger partial charge in [0.2, 0.25) is 0 Å². The van der Waals surface area contributed by atoms with Gasteiger partial charge >= 0.3 is 0 Å². The van der Waals surface area contributed by atoms with Crippen LogP contribution < -0.4 is 0 Å². The first-order valence-corrected chi connectivity index (χ1v) is 3.00. The fourth-order valence-electron chi connectivity index (χ4n) is 0.715. The Morgan fingerprint density at radius 1 is 1.44 bits per heavy atom. The fourth-order valence-corrected chi connectivity index (χ4v) is 0.715. The van der Waals surface area contributed by atoms with Crippen molar-refractivity contribution in [3.05, 3.63) is 4.91 Å². The average Bonchev–Trinajstić information content (AvgIpc) is 1.62. The summed E-state index contributed by atoms with van der Waals surface area (Å²) in [6, 6.07) is 0. The van der Waals surface area contributed by atoms with Crippen LogP contribution in [0.4, 0.5) is 0 Å². The Labute approximate surface area is 56.0 Å². The Hall–Kier alpha value is -0.600. The van der Waals surface area contributed by atoms with Gasteiger partial charge in [0.1, 0.15) is 0 Å². The van der Waals surface area contributed by atoms with E-state index in [1.165, 1.54) is 5.01 Å². The lowest BCUT2D eigenvalue weighted by molar-refractivity contribution is 0.232. The maximum atomic E-state index is 9.86. The SMILES string of the molecule is CN(CC(C)(C)C)N=O. The third-order valence-corrected chi connectivity index (χ3v) is 0.843. The first kappa shape index (κ1) is 8.40. The highest BCUT2D eigenvalue weighted by Crippen LogP contribution is 2.13. The van der Waals surface area contributed by atoms with Gasteiger partial charge in [-0.05, 0) is 5.41 Å². The normalized spacial score (nSPS) is 11.1. The second-order valence-electron chi connectivity index (χ2n) is 3.46. The molecule has 0 rings (SSSR count). The summed E-state index contributed by atoms with van der Waals surface area (Å²) < 4.78 is 0. The molecule has 0 fully saturated rings. The molecule has 9 heavy (non-hydrogen) atoms. The highest BCUT2D eigenvalue weighted by molar-refractivity contribution is 4.63. The van der Waals surface area contributed by atoms with Crippen molar-refractivity contribution in [3.63, 3.8) is 0 Å². The van der Waals surface area contributed by atoms with Gasteiger partial charge in [-0.1, -0.05) is 20.8 Å². The summed E-state index contributed by atoms with van der Waals surface area (Å²) in [6.07, 6.45) is 0. The van der Waals surface area contributed by atoms with Crippen LogP contribution in [0.15, 0.2) is 5.29 Å². The van der Waals surface area contributed by atoms with Crippen LogP contribution in [0.5, 0.6) is 0 Å². The number of nitrogens with zero attached hydrogens (tertiary/aromatic N) is 2. The standard InChI is InChI=1S/C6H14N2O/c1-6(2,3)5-8(4)7-9/h5H2,1-4H3. The van der Waals surface area contributed by atoms with Gasteiger partial charge in [-0.25, -0.2) is 0 Å². The number of hydrogen-bond donors (Lipinski definition) is 0. The molecule has 0 atom stereocenters. The molecule has 0 amide bonds. The lowest BCUT2D eigenvalue weighted by Crippen LogP contribution is -2.24. The molecule has 0 aliphatic rings. The summed E-state index contributed by atoms with van der Waals surface area (Å²) in [6.45, 7) is 6.90. The van der Waals surface area contributed by atoms with Crippen LogP contribution in [0.1, 0.15) is 20.8 Å². The summed E-state index contributed by atoms with van der Waals surface area (Å²) in [5, 5.41) is 4.16. The zero-order valence-corrected chi connectivity index (χ0v) is 6.51. The van der Waals surface area contributed by atoms with Crippen LogP contribution in [-0.2, 0) is 0 Å². The molecule has 0 spiro atoms. The summed E-state index contributed by atoms with van der Waals surface area (Å²) in [4.78, 5) is 9.86. The van der Waals surface area contributed by atoms with E-state index in [1.807, 2.05) is 0 Å². The average molecular weight is 130 g/mol. The Kier molecular flexibility index (Phi) is 2.62. The second kappa shape index (κ2) is 2.80. The number of hydrogen-bond acceptors (Lipinski definition) is 2. The van der Waals surface area contributed by atoms with Crippen molar-refractivity contribution in [1.82, 2.24) is 5.01 Å². The monoisotopic (exact) mass is 130 g/mol. The van der Waals surface area contributed by atoms with Crippen LogP contribution in [0, 0.1) is 10.3 Å². The van der Waals surface area contributed by atoms with Gasteiger partial charge in [-0.2, -0.15) is 0 Å². The molecular weight excluding hydrogens is 116 g/mol. The van der Waals surface area contributed by atoms with E-state index in [-0.39, 0.29) is 5.41 Å². The van der Waals surface area contributed by atoms with E-state index in [1.54, 1.807) is 7.05 Å². The minimum atomic E-state index is 0.155. The van der Waals surface area contributed by atoms with Gasteiger partial charge in [-0.3, -0.25) is 5.01 Å². The quantitative estimate of drug-likeness (QED) is 0.420. The third-order valence-electron chi connectivity index (χ3n) is 0.843. The van der Waals surface area contributed by atoms with Crippen molar-refractivity contribution in [3.8, 4) is 0 Å². The molecular formula is C6H14N2O. The van der Waals surface area contributed by atoms with E-state index < -0.39 is 0 Å². The first-order valence-electron chi connectivity index (χ1n) is 3.00. The van der Waals surface area contributed by atoms with Gasteiger partial charge < -0.3 is 0 Å². The van der Waals surface area contributed by atoms with Gasteiger partial charge in [0.15, 0.2) is 0 Å². The molecule has 0 saturated carbocycles. The molecule has 54 valence electrons. The maximum absolute atomic E-state index is 9.86. The summed E-state index contributed by atoms with van der Waals surface area (Å²) in [5.41, 5.74) is 0.155. The van der Waals surface area contributed by atoms with Gasteiger partial charge in [0, 0.05) is 13.6 Å². The zero-order chi connectivity index (χ0) is 7.49. The molecule has 0 aromatic carbocycles. The molecule has 0 N–H and O–H groups in total. The topological polar surface area (TPSA) is 32.7 Å². The van der Waals surface area contributed by atoms with E-state index in [0.29, 0.717) is 6.54 Å². The van der Waals surface area contributed by atoms with Crippen molar-refractivity contribution >= 4 is 0 Å². The molecule has 0 unspecified atom stereocenters. The van der Waals surface area contributed by atoms with Gasteiger partial charge in [0.25, 0.3) is 0 Å². The van der Waals surface area contributed by atoms with Crippen molar-refractivity contribution in [1.29, 1.82) is 0 Å². The Morgan fingerprint density at radius 2 is 1.89 bits per heavy atom. The molecule has 0 radical (unpaired) electrons. The Bertz CT molecular complexity index is 95.7. The minimum Gasteiger partial charge on any atom is -0.263 e. The number of nitroso groups, excluding NO2 is 1. The van der Waals surface area contributed by atoms with Crippen molar-refractivity contribution in [2.45, 2.75) is 20.8 Å².